The van der Waals surface area contributed by atoms with Gasteiger partial charge in [-0.05, 0) is 48.9 Å². The summed E-state index contributed by atoms with van der Waals surface area (Å²) < 4.78 is 5.96. The Morgan fingerprint density at radius 1 is 1.03 bits per heavy atom. The molecule has 0 spiro atoms. The highest BCUT2D eigenvalue weighted by Crippen LogP contribution is 2.32. The Hall–Kier alpha value is -3.39. The standard InChI is InChI=1S/C28H29ClN4O2S/c29-25-10-5-4-9-24(25)26-20-36-28(32-26)33(17-18-35-23-7-2-1-3-8-23)19-21-11-13-22(14-12-21)27(34)31-16-6-15-30/h1-5,7-14,20H,6,15-19,30H2,(H,31,34). The maximum absolute atomic E-state index is 12.3. The quantitative estimate of drug-likeness (QED) is 0.237. The predicted molar refractivity (Wildman–Crippen MR) is 148 cm³/mol. The molecule has 6 nitrogen and oxygen atoms in total. The molecule has 0 aliphatic carbocycles. The van der Waals surface area contributed by atoms with Crippen molar-refractivity contribution in [3.05, 3.63) is 100 Å². The number of hydrogen-bond donors (Lipinski definition) is 2. The monoisotopic (exact) mass is 520 g/mol. The van der Waals surface area contributed by atoms with E-state index in [1.54, 1.807) is 11.3 Å². The van der Waals surface area contributed by atoms with Crippen LogP contribution in [0, 0.1) is 0 Å². The van der Waals surface area contributed by atoms with Gasteiger partial charge in [-0.15, -0.1) is 11.3 Å². The molecule has 8 heteroatoms. The summed E-state index contributed by atoms with van der Waals surface area (Å²) in [6.07, 6.45) is 0.758. The number of halogens is 1. The number of rotatable bonds is 12. The van der Waals surface area contributed by atoms with Gasteiger partial charge in [0.05, 0.1) is 12.2 Å². The van der Waals surface area contributed by atoms with E-state index in [-0.39, 0.29) is 5.91 Å². The Bertz CT molecular complexity index is 1250. The van der Waals surface area contributed by atoms with Crippen LogP contribution in [-0.4, -0.2) is 37.1 Å². The third-order valence-electron chi connectivity index (χ3n) is 5.54. The summed E-state index contributed by atoms with van der Waals surface area (Å²) in [5.74, 6) is 0.741. The molecule has 0 aliphatic rings. The van der Waals surface area contributed by atoms with Crippen molar-refractivity contribution in [3.63, 3.8) is 0 Å². The fraction of sp³-hybridized carbons (Fsp3) is 0.214. The van der Waals surface area contributed by atoms with E-state index >= 15 is 0 Å². The topological polar surface area (TPSA) is 80.5 Å². The summed E-state index contributed by atoms with van der Waals surface area (Å²) in [6, 6.07) is 25.1. The van der Waals surface area contributed by atoms with E-state index in [2.05, 4.69) is 10.2 Å². The molecule has 0 radical (unpaired) electrons. The molecule has 186 valence electrons. The van der Waals surface area contributed by atoms with Crippen molar-refractivity contribution < 1.29 is 9.53 Å². The van der Waals surface area contributed by atoms with Gasteiger partial charge in [-0.1, -0.05) is 60.1 Å². The maximum Gasteiger partial charge on any atom is 0.251 e. The van der Waals surface area contributed by atoms with Gasteiger partial charge in [-0.25, -0.2) is 4.98 Å². The molecule has 0 fully saturated rings. The second-order valence-electron chi connectivity index (χ2n) is 8.17. The summed E-state index contributed by atoms with van der Waals surface area (Å²) >= 11 is 7.97. The molecule has 4 aromatic rings. The highest BCUT2D eigenvalue weighted by molar-refractivity contribution is 7.14. The zero-order valence-corrected chi connectivity index (χ0v) is 21.5. The van der Waals surface area contributed by atoms with Crippen molar-refractivity contribution in [2.75, 3.05) is 31.1 Å². The highest BCUT2D eigenvalue weighted by atomic mass is 35.5. The third-order valence-corrected chi connectivity index (χ3v) is 6.77. The molecule has 0 aliphatic heterocycles. The van der Waals surface area contributed by atoms with Gasteiger partial charge >= 0.3 is 0 Å². The number of aromatic nitrogens is 1. The number of amides is 1. The first-order chi connectivity index (χ1) is 17.6. The van der Waals surface area contributed by atoms with Crippen LogP contribution < -0.4 is 20.7 Å². The van der Waals surface area contributed by atoms with Gasteiger partial charge in [0.2, 0.25) is 0 Å². The molecule has 1 aromatic heterocycles. The van der Waals surface area contributed by atoms with Gasteiger partial charge in [0, 0.05) is 34.6 Å². The second-order valence-corrected chi connectivity index (χ2v) is 9.42. The lowest BCUT2D eigenvalue weighted by Crippen LogP contribution is -2.28. The van der Waals surface area contributed by atoms with Crippen LogP contribution in [-0.2, 0) is 6.54 Å². The first-order valence-electron chi connectivity index (χ1n) is 11.8. The maximum atomic E-state index is 12.3. The Kier molecular flexibility index (Phi) is 9.33. The molecule has 1 heterocycles. The number of ether oxygens (including phenoxy) is 1. The Morgan fingerprint density at radius 2 is 1.78 bits per heavy atom. The van der Waals surface area contributed by atoms with Crippen LogP contribution in [0.1, 0.15) is 22.3 Å². The first kappa shape index (κ1) is 25.7. The Morgan fingerprint density at radius 3 is 2.53 bits per heavy atom. The third kappa shape index (κ3) is 7.07. The average molecular weight is 521 g/mol. The van der Waals surface area contributed by atoms with Crippen LogP contribution in [0.15, 0.2) is 84.2 Å². The fourth-order valence-electron chi connectivity index (χ4n) is 3.62. The van der Waals surface area contributed by atoms with Crippen molar-refractivity contribution in [2.45, 2.75) is 13.0 Å². The number of hydrogen-bond acceptors (Lipinski definition) is 6. The fourth-order valence-corrected chi connectivity index (χ4v) is 4.71. The van der Waals surface area contributed by atoms with Gasteiger partial charge in [0.1, 0.15) is 12.4 Å². The molecule has 36 heavy (non-hydrogen) atoms. The smallest absolute Gasteiger partial charge is 0.251 e. The number of para-hydroxylation sites is 1. The van der Waals surface area contributed by atoms with Crippen LogP contribution in [0.3, 0.4) is 0 Å². The van der Waals surface area contributed by atoms with E-state index in [0.29, 0.717) is 43.4 Å². The van der Waals surface area contributed by atoms with Crippen molar-refractivity contribution in [2.24, 2.45) is 5.73 Å². The Balaban J connectivity index is 1.48. The van der Waals surface area contributed by atoms with Crippen molar-refractivity contribution >= 4 is 34.0 Å². The SMILES string of the molecule is NCCCNC(=O)c1ccc(CN(CCOc2ccccc2)c2nc(-c3ccccc3Cl)cs2)cc1. The van der Waals surface area contributed by atoms with Gasteiger partial charge in [0.25, 0.3) is 5.91 Å². The lowest BCUT2D eigenvalue weighted by molar-refractivity contribution is 0.0953. The minimum absolute atomic E-state index is 0.0903. The van der Waals surface area contributed by atoms with E-state index in [1.165, 1.54) is 0 Å². The van der Waals surface area contributed by atoms with Crippen LogP contribution in [0.4, 0.5) is 5.13 Å². The lowest BCUT2D eigenvalue weighted by Gasteiger charge is -2.22. The van der Waals surface area contributed by atoms with E-state index in [0.717, 1.165) is 34.1 Å². The van der Waals surface area contributed by atoms with Crippen molar-refractivity contribution in [1.82, 2.24) is 10.3 Å². The van der Waals surface area contributed by atoms with E-state index in [1.807, 2.05) is 84.2 Å². The molecule has 1 amide bonds. The largest absolute Gasteiger partial charge is 0.492 e. The number of carbonyl (C=O) groups is 1. The molecular weight excluding hydrogens is 492 g/mol. The molecule has 0 atom stereocenters. The summed E-state index contributed by atoms with van der Waals surface area (Å²) in [5.41, 5.74) is 8.96. The summed E-state index contributed by atoms with van der Waals surface area (Å²) in [5, 5.41) is 6.47. The lowest BCUT2D eigenvalue weighted by atomic mass is 10.1. The zero-order chi connectivity index (χ0) is 25.2. The number of nitrogens with one attached hydrogen (secondary N) is 1. The summed E-state index contributed by atoms with van der Waals surface area (Å²) in [7, 11) is 0. The molecule has 3 N–H and O–H groups in total. The number of nitrogens with zero attached hydrogens (tertiary/aromatic N) is 2. The number of nitrogens with two attached hydrogens (primary N) is 1. The summed E-state index contributed by atoms with van der Waals surface area (Å²) in [4.78, 5) is 19.4. The minimum Gasteiger partial charge on any atom is -0.492 e. The van der Waals surface area contributed by atoms with Gasteiger partial charge < -0.3 is 20.7 Å². The summed E-state index contributed by atoms with van der Waals surface area (Å²) in [6.45, 7) is 2.91. The van der Waals surface area contributed by atoms with Gasteiger partial charge in [-0.2, -0.15) is 0 Å². The average Bonchev–Trinajstić information content (AvgIpc) is 3.39. The first-order valence-corrected chi connectivity index (χ1v) is 13.1. The molecule has 0 bridgehead atoms. The van der Waals surface area contributed by atoms with Gasteiger partial charge in [-0.3, -0.25) is 4.79 Å². The van der Waals surface area contributed by atoms with Crippen molar-refractivity contribution in [3.8, 4) is 17.0 Å². The highest BCUT2D eigenvalue weighted by Gasteiger charge is 2.15. The van der Waals surface area contributed by atoms with Gasteiger partial charge in [0.15, 0.2) is 5.13 Å². The normalized spacial score (nSPS) is 10.7. The van der Waals surface area contributed by atoms with Crippen LogP contribution in [0.5, 0.6) is 5.75 Å². The van der Waals surface area contributed by atoms with Crippen LogP contribution >= 0.6 is 22.9 Å². The number of anilines is 1. The number of carbonyl (C=O) groups excluding carboxylic acids is 1. The second kappa shape index (κ2) is 13.1. The van der Waals surface area contributed by atoms with Crippen molar-refractivity contribution in [1.29, 1.82) is 0 Å². The molecule has 0 saturated heterocycles. The molecule has 0 unspecified atom stereocenters. The molecular formula is C28H29ClN4O2S. The molecule has 4 rings (SSSR count). The molecule has 0 saturated carbocycles. The van der Waals surface area contributed by atoms with E-state index in [4.69, 9.17) is 27.1 Å². The van der Waals surface area contributed by atoms with Crippen LogP contribution in [0.2, 0.25) is 5.02 Å². The zero-order valence-electron chi connectivity index (χ0n) is 19.9. The minimum atomic E-state index is -0.0903. The number of thiazole rings is 1. The predicted octanol–water partition coefficient (Wildman–Crippen LogP) is 5.63. The van der Waals surface area contributed by atoms with E-state index < -0.39 is 0 Å². The van der Waals surface area contributed by atoms with E-state index in [9.17, 15) is 4.79 Å². The Labute approximate surface area is 220 Å². The molecule has 3 aromatic carbocycles. The number of benzene rings is 3. The van der Waals surface area contributed by atoms with Crippen LogP contribution in [0.25, 0.3) is 11.3 Å².